The summed E-state index contributed by atoms with van der Waals surface area (Å²) in [4.78, 5) is 44.8. The van der Waals surface area contributed by atoms with Crippen molar-refractivity contribution in [3.63, 3.8) is 0 Å². The number of benzene rings is 1. The zero-order valence-electron chi connectivity index (χ0n) is 13.1. The summed E-state index contributed by atoms with van der Waals surface area (Å²) in [6.45, 7) is 0. The Balaban J connectivity index is 2.45. The van der Waals surface area contributed by atoms with Crippen molar-refractivity contribution in [2.75, 3.05) is 5.32 Å². The van der Waals surface area contributed by atoms with Crippen LogP contribution in [0.5, 0.6) is 0 Å². The highest BCUT2D eigenvalue weighted by atomic mass is 16.4. The normalized spacial score (nSPS) is 11.7. The molecule has 0 aliphatic heterocycles. The van der Waals surface area contributed by atoms with Crippen molar-refractivity contribution in [2.24, 2.45) is 10.9 Å². The number of nitrogens with zero attached hydrogens (tertiary/aromatic N) is 1. The van der Waals surface area contributed by atoms with Crippen molar-refractivity contribution in [3.8, 4) is 0 Å². The Morgan fingerprint density at radius 3 is 2.20 bits per heavy atom. The lowest BCUT2D eigenvalue weighted by Crippen LogP contribution is -2.42. The van der Waals surface area contributed by atoms with Crippen LogP contribution in [0.25, 0.3) is 0 Å². The smallest absolute Gasteiger partial charge is 0.326 e. The van der Waals surface area contributed by atoms with E-state index in [1.807, 2.05) is 0 Å². The van der Waals surface area contributed by atoms with Crippen molar-refractivity contribution in [3.05, 3.63) is 29.8 Å². The number of hydrogen-bond donors (Lipinski definition) is 5. The Morgan fingerprint density at radius 1 is 1.08 bits per heavy atom. The lowest BCUT2D eigenvalue weighted by molar-refractivity contribution is -0.147. The predicted molar refractivity (Wildman–Crippen MR) is 87.9 cm³/mol. The van der Waals surface area contributed by atoms with Crippen LogP contribution in [0.1, 0.15) is 24.8 Å². The van der Waals surface area contributed by atoms with Gasteiger partial charge in [-0.1, -0.05) is 12.1 Å². The number of hydrogen-bond acceptors (Lipinski definition) is 6. The van der Waals surface area contributed by atoms with Crippen LogP contribution in [-0.4, -0.2) is 46.2 Å². The molecule has 0 aliphatic rings. The molecular formula is C15H18N4O6. The number of carboxylic acid groups (broad SMARTS) is 2. The largest absolute Gasteiger partial charge is 0.481 e. The monoisotopic (exact) mass is 350 g/mol. The van der Waals surface area contributed by atoms with Crippen LogP contribution in [0.4, 0.5) is 5.69 Å². The molecule has 10 heteroatoms. The van der Waals surface area contributed by atoms with Gasteiger partial charge in [-0.3, -0.25) is 14.4 Å². The average Bonchev–Trinajstić information content (AvgIpc) is 2.54. The third-order valence-electron chi connectivity index (χ3n) is 3.01. The fourth-order valence-corrected chi connectivity index (χ4v) is 1.83. The Labute approximate surface area is 142 Å². The summed E-state index contributed by atoms with van der Waals surface area (Å²) in [5, 5.41) is 25.4. The third kappa shape index (κ3) is 7.59. The van der Waals surface area contributed by atoms with E-state index in [1.165, 1.54) is 6.21 Å². The number of nitrogens with two attached hydrogens (primary N) is 1. The van der Waals surface area contributed by atoms with Crippen LogP contribution in [0, 0.1) is 0 Å². The van der Waals surface area contributed by atoms with Gasteiger partial charge in [0.2, 0.25) is 11.8 Å². The molecule has 0 spiro atoms. The molecule has 0 fully saturated rings. The Kier molecular flexibility index (Phi) is 7.57. The van der Waals surface area contributed by atoms with E-state index in [0.717, 1.165) is 5.56 Å². The van der Waals surface area contributed by atoms with Gasteiger partial charge in [-0.15, -0.1) is 0 Å². The van der Waals surface area contributed by atoms with Crippen LogP contribution >= 0.6 is 0 Å². The van der Waals surface area contributed by atoms with Gasteiger partial charge in [0.05, 0.1) is 12.6 Å². The van der Waals surface area contributed by atoms with Crippen molar-refractivity contribution in [1.82, 2.24) is 5.32 Å². The minimum atomic E-state index is -1.54. The number of carboxylic acids is 2. The fourth-order valence-electron chi connectivity index (χ4n) is 1.83. The van der Waals surface area contributed by atoms with Crippen molar-refractivity contribution >= 4 is 35.7 Å². The second kappa shape index (κ2) is 9.65. The predicted octanol–water partition coefficient (Wildman–Crippen LogP) is -0.258. The Morgan fingerprint density at radius 2 is 1.68 bits per heavy atom. The van der Waals surface area contributed by atoms with E-state index in [9.17, 15) is 19.2 Å². The standard InChI is InChI=1S/C15H18N4O6/c16-17-8-9-1-3-10(4-2-9)18-12(20)5-6-13(21)19-11(15(24)25)7-14(22)23/h1-4,8,11H,5-7,16H2,(H,18,20)(H,19,21)(H,22,23)(H,24,25). The van der Waals surface area contributed by atoms with Gasteiger partial charge < -0.3 is 26.7 Å². The molecule has 0 bridgehead atoms. The quantitative estimate of drug-likeness (QED) is 0.232. The number of rotatable bonds is 9. The highest BCUT2D eigenvalue weighted by Crippen LogP contribution is 2.09. The first-order valence-corrected chi connectivity index (χ1v) is 7.19. The summed E-state index contributed by atoms with van der Waals surface area (Å²) in [6.07, 6.45) is 0.238. The summed E-state index contributed by atoms with van der Waals surface area (Å²) in [5.74, 6) is 1.04. The first kappa shape index (κ1) is 19.6. The molecule has 1 unspecified atom stereocenters. The molecule has 1 atom stereocenters. The zero-order chi connectivity index (χ0) is 18.8. The average molecular weight is 350 g/mol. The Bertz CT molecular complexity index is 671. The van der Waals surface area contributed by atoms with Gasteiger partial charge in [-0.25, -0.2) is 4.79 Å². The van der Waals surface area contributed by atoms with E-state index in [4.69, 9.17) is 16.1 Å². The molecule has 0 aliphatic carbocycles. The van der Waals surface area contributed by atoms with Crippen LogP contribution in [0.15, 0.2) is 29.4 Å². The molecule has 1 aromatic rings. The van der Waals surface area contributed by atoms with Gasteiger partial charge in [0, 0.05) is 18.5 Å². The number of carbonyl (C=O) groups is 4. The first-order chi connectivity index (χ1) is 11.8. The molecule has 25 heavy (non-hydrogen) atoms. The van der Waals surface area contributed by atoms with Gasteiger partial charge in [0.1, 0.15) is 6.04 Å². The van der Waals surface area contributed by atoms with E-state index in [1.54, 1.807) is 24.3 Å². The lowest BCUT2D eigenvalue weighted by atomic mass is 10.2. The maximum absolute atomic E-state index is 11.8. The maximum atomic E-state index is 11.8. The summed E-state index contributed by atoms with van der Waals surface area (Å²) in [7, 11) is 0. The number of nitrogens with one attached hydrogen (secondary N) is 2. The van der Waals surface area contributed by atoms with E-state index >= 15 is 0 Å². The first-order valence-electron chi connectivity index (χ1n) is 7.19. The fraction of sp³-hybridized carbons (Fsp3) is 0.267. The molecule has 0 saturated carbocycles. The minimum Gasteiger partial charge on any atom is -0.481 e. The number of anilines is 1. The molecule has 0 heterocycles. The second-order valence-corrected chi connectivity index (χ2v) is 5.00. The van der Waals surface area contributed by atoms with Gasteiger partial charge >= 0.3 is 11.9 Å². The van der Waals surface area contributed by atoms with Gasteiger partial charge in [0.15, 0.2) is 0 Å². The number of hydrazone groups is 1. The highest BCUT2D eigenvalue weighted by molar-refractivity contribution is 5.94. The minimum absolute atomic E-state index is 0.183. The molecule has 134 valence electrons. The van der Waals surface area contributed by atoms with E-state index in [2.05, 4.69) is 15.7 Å². The molecule has 1 aromatic carbocycles. The summed E-state index contributed by atoms with van der Waals surface area (Å²) >= 11 is 0. The number of amides is 2. The van der Waals surface area contributed by atoms with E-state index < -0.39 is 36.2 Å². The molecular weight excluding hydrogens is 332 g/mol. The van der Waals surface area contributed by atoms with Gasteiger partial charge in [-0.05, 0) is 17.7 Å². The Hall–Kier alpha value is -3.43. The molecule has 1 rings (SSSR count). The van der Waals surface area contributed by atoms with Gasteiger partial charge in [0.25, 0.3) is 0 Å². The number of carbonyl (C=O) groups excluding carboxylic acids is 2. The van der Waals surface area contributed by atoms with Crippen LogP contribution in [0.2, 0.25) is 0 Å². The second-order valence-electron chi connectivity index (χ2n) is 5.00. The van der Waals surface area contributed by atoms with Crippen molar-refractivity contribution in [1.29, 1.82) is 0 Å². The topological polar surface area (TPSA) is 171 Å². The third-order valence-corrected chi connectivity index (χ3v) is 3.01. The van der Waals surface area contributed by atoms with Crippen LogP contribution in [0.3, 0.4) is 0 Å². The van der Waals surface area contributed by atoms with E-state index in [0.29, 0.717) is 5.69 Å². The summed E-state index contributed by atoms with van der Waals surface area (Å²) in [5.41, 5.74) is 1.26. The van der Waals surface area contributed by atoms with Gasteiger partial charge in [-0.2, -0.15) is 5.10 Å². The molecule has 6 N–H and O–H groups in total. The maximum Gasteiger partial charge on any atom is 0.326 e. The van der Waals surface area contributed by atoms with Crippen molar-refractivity contribution < 1.29 is 29.4 Å². The number of aliphatic carboxylic acids is 2. The molecule has 2 amide bonds. The molecule has 0 aromatic heterocycles. The van der Waals surface area contributed by atoms with Crippen molar-refractivity contribution in [2.45, 2.75) is 25.3 Å². The summed E-state index contributed by atoms with van der Waals surface area (Å²) < 4.78 is 0. The van der Waals surface area contributed by atoms with Crippen LogP contribution in [-0.2, 0) is 19.2 Å². The lowest BCUT2D eigenvalue weighted by Gasteiger charge is -2.12. The zero-order valence-corrected chi connectivity index (χ0v) is 13.1. The highest BCUT2D eigenvalue weighted by Gasteiger charge is 2.23. The molecule has 0 radical (unpaired) electrons. The van der Waals surface area contributed by atoms with Crippen LogP contribution < -0.4 is 16.5 Å². The summed E-state index contributed by atoms with van der Waals surface area (Å²) in [6, 6.07) is 5.08. The molecule has 0 saturated heterocycles. The SMILES string of the molecule is NN=Cc1ccc(NC(=O)CCC(=O)NC(CC(=O)O)C(=O)O)cc1. The van der Waals surface area contributed by atoms with E-state index in [-0.39, 0.29) is 12.8 Å². The molecule has 10 nitrogen and oxygen atoms in total.